The number of carbonyl (C=O) groups is 2. The number of urea groups is 1. The fourth-order valence-corrected chi connectivity index (χ4v) is 1.24. The van der Waals surface area contributed by atoms with E-state index in [9.17, 15) is 9.59 Å². The number of nitrogens with zero attached hydrogens (tertiary/aromatic N) is 1. The maximum absolute atomic E-state index is 11.3. The molecule has 5 heteroatoms. The number of benzene rings is 1. The van der Waals surface area contributed by atoms with Crippen LogP contribution in [0, 0.1) is 0 Å². The molecule has 0 atom stereocenters. The van der Waals surface area contributed by atoms with Crippen molar-refractivity contribution in [3.05, 3.63) is 29.8 Å². The number of hydrogen-bond donors (Lipinski definition) is 2. The lowest BCUT2D eigenvalue weighted by Gasteiger charge is -2.12. The van der Waals surface area contributed by atoms with Crippen LogP contribution in [0.1, 0.15) is 12.0 Å². The van der Waals surface area contributed by atoms with Gasteiger partial charge in [0.05, 0.1) is 0 Å². The van der Waals surface area contributed by atoms with Gasteiger partial charge >= 0.3 is 12.0 Å². The lowest BCUT2D eigenvalue weighted by atomic mass is 10.1. The average Bonchev–Trinajstić information content (AvgIpc) is 2.28. The number of aliphatic carboxylic acids is 1. The largest absolute Gasteiger partial charge is 0.481 e. The molecule has 0 aliphatic heterocycles. The molecular weight excluding hydrogens is 220 g/mol. The molecule has 1 rings (SSSR count). The maximum Gasteiger partial charge on any atom is 0.321 e. The smallest absolute Gasteiger partial charge is 0.321 e. The summed E-state index contributed by atoms with van der Waals surface area (Å²) >= 11 is 0. The van der Waals surface area contributed by atoms with E-state index in [-0.39, 0.29) is 12.5 Å². The van der Waals surface area contributed by atoms with E-state index in [1.54, 1.807) is 26.2 Å². The van der Waals surface area contributed by atoms with E-state index in [4.69, 9.17) is 5.11 Å². The Morgan fingerprint density at radius 3 is 2.29 bits per heavy atom. The molecule has 0 bridgehead atoms. The highest BCUT2D eigenvalue weighted by Crippen LogP contribution is 2.11. The van der Waals surface area contributed by atoms with Gasteiger partial charge in [0.2, 0.25) is 0 Å². The molecule has 0 saturated heterocycles. The summed E-state index contributed by atoms with van der Waals surface area (Å²) in [6.07, 6.45) is 0.612. The molecule has 2 N–H and O–H groups in total. The maximum atomic E-state index is 11.3. The predicted molar refractivity (Wildman–Crippen MR) is 65.1 cm³/mol. The highest BCUT2D eigenvalue weighted by molar-refractivity contribution is 5.88. The molecule has 0 fully saturated rings. The van der Waals surface area contributed by atoms with Crippen molar-refractivity contribution >= 4 is 17.7 Å². The summed E-state index contributed by atoms with van der Waals surface area (Å²) in [5.74, 6) is -0.810. The van der Waals surface area contributed by atoms with Crippen LogP contribution in [0.25, 0.3) is 0 Å². The Kier molecular flexibility index (Phi) is 4.51. The molecule has 5 nitrogen and oxygen atoms in total. The molecular formula is C12H16N2O3. The van der Waals surface area contributed by atoms with Gasteiger partial charge in [-0.1, -0.05) is 12.1 Å². The second-order valence-electron chi connectivity index (χ2n) is 3.92. The third-order valence-corrected chi connectivity index (χ3v) is 2.24. The molecule has 0 saturated carbocycles. The van der Waals surface area contributed by atoms with Gasteiger partial charge in [-0.25, -0.2) is 4.79 Å². The van der Waals surface area contributed by atoms with Crippen molar-refractivity contribution in [1.29, 1.82) is 0 Å². The Balaban J connectivity index is 2.56. The van der Waals surface area contributed by atoms with Gasteiger partial charge < -0.3 is 15.3 Å². The first kappa shape index (κ1) is 13.0. The number of hydrogen-bond acceptors (Lipinski definition) is 2. The zero-order valence-corrected chi connectivity index (χ0v) is 9.93. The van der Waals surface area contributed by atoms with E-state index in [1.807, 2.05) is 12.1 Å². The minimum absolute atomic E-state index is 0.114. The van der Waals surface area contributed by atoms with Crippen LogP contribution in [-0.2, 0) is 11.2 Å². The van der Waals surface area contributed by atoms with E-state index < -0.39 is 5.97 Å². The van der Waals surface area contributed by atoms with Crippen molar-refractivity contribution in [1.82, 2.24) is 4.90 Å². The van der Waals surface area contributed by atoms with E-state index >= 15 is 0 Å². The van der Waals surface area contributed by atoms with Crippen molar-refractivity contribution in [3.8, 4) is 0 Å². The molecule has 92 valence electrons. The molecule has 17 heavy (non-hydrogen) atoms. The van der Waals surface area contributed by atoms with Crippen LogP contribution >= 0.6 is 0 Å². The summed E-state index contributed by atoms with van der Waals surface area (Å²) in [5, 5.41) is 11.3. The molecule has 0 unspecified atom stereocenters. The molecule has 0 spiro atoms. The fraction of sp³-hybridized carbons (Fsp3) is 0.333. The van der Waals surface area contributed by atoms with Crippen LogP contribution in [0.15, 0.2) is 24.3 Å². The zero-order valence-electron chi connectivity index (χ0n) is 9.93. The molecule has 0 heterocycles. The molecule has 0 aliphatic rings. The number of aryl methyl sites for hydroxylation is 1. The summed E-state index contributed by atoms with van der Waals surface area (Å²) in [6.45, 7) is 0. The summed E-state index contributed by atoms with van der Waals surface area (Å²) in [7, 11) is 3.33. The van der Waals surface area contributed by atoms with Gasteiger partial charge in [-0.3, -0.25) is 4.79 Å². The van der Waals surface area contributed by atoms with Crippen molar-refractivity contribution in [2.45, 2.75) is 12.8 Å². The zero-order chi connectivity index (χ0) is 12.8. The van der Waals surface area contributed by atoms with Crippen LogP contribution in [0.5, 0.6) is 0 Å². The van der Waals surface area contributed by atoms with Crippen LogP contribution in [0.2, 0.25) is 0 Å². The standard InChI is InChI=1S/C12H16N2O3/c1-14(2)12(17)13-10-6-3-9(4-7-10)5-8-11(15)16/h3-4,6-7H,5,8H2,1-2H3,(H,13,17)(H,15,16). The Morgan fingerprint density at radius 2 is 1.82 bits per heavy atom. The van der Waals surface area contributed by atoms with E-state index in [1.165, 1.54) is 4.90 Å². The Morgan fingerprint density at radius 1 is 1.24 bits per heavy atom. The lowest BCUT2D eigenvalue weighted by Crippen LogP contribution is -2.27. The van der Waals surface area contributed by atoms with Crippen molar-refractivity contribution in [2.24, 2.45) is 0 Å². The number of carboxylic acid groups (broad SMARTS) is 1. The molecule has 0 aliphatic carbocycles. The van der Waals surface area contributed by atoms with Crippen molar-refractivity contribution in [3.63, 3.8) is 0 Å². The van der Waals surface area contributed by atoms with Gasteiger partial charge in [-0.05, 0) is 24.1 Å². The molecule has 2 amide bonds. The summed E-state index contributed by atoms with van der Waals surface area (Å²) in [5.41, 5.74) is 1.64. The number of anilines is 1. The summed E-state index contributed by atoms with van der Waals surface area (Å²) < 4.78 is 0. The van der Waals surface area contributed by atoms with Crippen LogP contribution in [-0.4, -0.2) is 36.1 Å². The van der Waals surface area contributed by atoms with E-state index in [2.05, 4.69) is 5.32 Å². The van der Waals surface area contributed by atoms with Gasteiger partial charge in [0, 0.05) is 26.2 Å². The molecule has 0 radical (unpaired) electrons. The van der Waals surface area contributed by atoms with Gasteiger partial charge in [-0.2, -0.15) is 0 Å². The second kappa shape index (κ2) is 5.89. The third kappa shape index (κ3) is 4.55. The Bertz CT molecular complexity index is 399. The van der Waals surface area contributed by atoms with Crippen LogP contribution < -0.4 is 5.32 Å². The van der Waals surface area contributed by atoms with Crippen molar-refractivity contribution < 1.29 is 14.7 Å². The SMILES string of the molecule is CN(C)C(=O)Nc1ccc(CCC(=O)O)cc1. The third-order valence-electron chi connectivity index (χ3n) is 2.24. The van der Waals surface area contributed by atoms with Gasteiger partial charge in [0.25, 0.3) is 0 Å². The lowest BCUT2D eigenvalue weighted by molar-refractivity contribution is -0.136. The van der Waals surface area contributed by atoms with Crippen LogP contribution in [0.3, 0.4) is 0 Å². The number of carboxylic acids is 1. The Labute approximate surface area is 100 Å². The second-order valence-corrected chi connectivity index (χ2v) is 3.92. The number of rotatable bonds is 4. The van der Waals surface area contributed by atoms with E-state index in [0.29, 0.717) is 12.1 Å². The molecule has 1 aromatic rings. The van der Waals surface area contributed by atoms with Gasteiger partial charge in [0.15, 0.2) is 0 Å². The summed E-state index contributed by atoms with van der Waals surface area (Å²) in [4.78, 5) is 23.2. The number of carbonyl (C=O) groups excluding carboxylic acids is 1. The first-order valence-corrected chi connectivity index (χ1v) is 5.28. The van der Waals surface area contributed by atoms with Crippen molar-refractivity contribution in [2.75, 3.05) is 19.4 Å². The molecule has 0 aromatic heterocycles. The monoisotopic (exact) mass is 236 g/mol. The average molecular weight is 236 g/mol. The Hall–Kier alpha value is -2.04. The topological polar surface area (TPSA) is 69.6 Å². The highest BCUT2D eigenvalue weighted by atomic mass is 16.4. The fourth-order valence-electron chi connectivity index (χ4n) is 1.24. The number of nitrogens with one attached hydrogen (secondary N) is 1. The number of amides is 2. The van der Waals surface area contributed by atoms with Gasteiger partial charge in [0.1, 0.15) is 0 Å². The van der Waals surface area contributed by atoms with Gasteiger partial charge in [-0.15, -0.1) is 0 Å². The minimum Gasteiger partial charge on any atom is -0.481 e. The highest BCUT2D eigenvalue weighted by Gasteiger charge is 2.04. The van der Waals surface area contributed by atoms with E-state index in [0.717, 1.165) is 5.56 Å². The molecule has 1 aromatic carbocycles. The normalized spacial score (nSPS) is 9.76. The summed E-state index contributed by atoms with van der Waals surface area (Å²) in [6, 6.07) is 6.96. The van der Waals surface area contributed by atoms with Crippen LogP contribution in [0.4, 0.5) is 10.5 Å². The first-order chi connectivity index (χ1) is 7.99. The first-order valence-electron chi connectivity index (χ1n) is 5.28. The quantitative estimate of drug-likeness (QED) is 0.837. The minimum atomic E-state index is -0.810. The predicted octanol–water partition coefficient (Wildman–Crippen LogP) is 1.80.